The van der Waals surface area contributed by atoms with E-state index in [0.717, 1.165) is 6.92 Å². The summed E-state index contributed by atoms with van der Waals surface area (Å²) in [5, 5.41) is 40.6. The molecule has 2 bridgehead atoms. The van der Waals surface area contributed by atoms with Crippen molar-refractivity contribution in [1.82, 2.24) is 5.32 Å². The Morgan fingerprint density at radius 2 is 1.68 bits per heavy atom. The van der Waals surface area contributed by atoms with Crippen LogP contribution in [0.4, 0.5) is 0 Å². The average Bonchev–Trinajstić information content (AvgIpc) is 3.25. The second-order valence-corrected chi connectivity index (χ2v) is 17.6. The molecule has 1 saturated heterocycles. The summed E-state index contributed by atoms with van der Waals surface area (Å²) in [7, 11) is 1.40. The summed E-state index contributed by atoms with van der Waals surface area (Å²) in [6, 6.07) is 12.9. The van der Waals surface area contributed by atoms with Gasteiger partial charge in [0.15, 0.2) is 17.5 Å². The van der Waals surface area contributed by atoms with Crippen LogP contribution in [0, 0.1) is 16.7 Å². The van der Waals surface area contributed by atoms with Crippen molar-refractivity contribution in [2.24, 2.45) is 16.7 Å². The lowest BCUT2D eigenvalue weighted by atomic mass is 9.44. The van der Waals surface area contributed by atoms with Crippen LogP contribution >= 0.6 is 0 Å². The van der Waals surface area contributed by atoms with Crippen molar-refractivity contribution in [2.75, 3.05) is 13.7 Å². The summed E-state index contributed by atoms with van der Waals surface area (Å²) >= 11 is 0. The first-order valence-electron chi connectivity index (χ1n) is 21.0. The van der Waals surface area contributed by atoms with Crippen molar-refractivity contribution in [3.63, 3.8) is 0 Å². The maximum Gasteiger partial charge on any atom is 0.338 e. The van der Waals surface area contributed by atoms with Gasteiger partial charge in [0, 0.05) is 37.2 Å². The maximum absolute atomic E-state index is 15.4. The molecule has 0 aromatic heterocycles. The van der Waals surface area contributed by atoms with Gasteiger partial charge in [0.25, 0.3) is 0 Å². The number of rotatable bonds is 12. The van der Waals surface area contributed by atoms with Gasteiger partial charge in [-0.1, -0.05) is 63.2 Å². The number of ether oxygens (including phenoxy) is 6. The number of amides is 1. The predicted octanol–water partition coefficient (Wildman–Crippen LogP) is 3.79. The number of carbonyl (C=O) groups excluding carboxylic acids is 6. The number of benzene rings is 2. The number of Topliss-reactive ketones (excluding diaryl/α,β-unsaturated/α-hetero) is 1. The number of fused-ring (bicyclic) bond motifs is 5. The van der Waals surface area contributed by atoms with Crippen LogP contribution < -0.4 is 10.1 Å². The Hall–Kier alpha value is -5.42. The highest BCUT2D eigenvalue weighted by atomic mass is 16.6. The molecule has 1 unspecified atom stereocenters. The van der Waals surface area contributed by atoms with Gasteiger partial charge in [-0.2, -0.15) is 0 Å². The molecule has 0 spiro atoms. The van der Waals surface area contributed by atoms with Crippen molar-refractivity contribution < 1.29 is 72.5 Å². The van der Waals surface area contributed by atoms with Crippen LogP contribution in [0.3, 0.4) is 0 Å². The fourth-order valence-corrected chi connectivity index (χ4v) is 10.1. The van der Waals surface area contributed by atoms with Gasteiger partial charge in [0.05, 0.1) is 36.7 Å². The van der Waals surface area contributed by atoms with Gasteiger partial charge in [-0.15, -0.1) is 0 Å². The van der Waals surface area contributed by atoms with Crippen molar-refractivity contribution >= 4 is 35.6 Å². The summed E-state index contributed by atoms with van der Waals surface area (Å²) in [6.45, 7) is 11.6. The van der Waals surface area contributed by atoms with Crippen LogP contribution in [0.5, 0.6) is 5.75 Å². The second-order valence-electron chi connectivity index (χ2n) is 17.6. The van der Waals surface area contributed by atoms with E-state index >= 15 is 4.79 Å². The minimum Gasteiger partial charge on any atom is -0.497 e. The summed E-state index contributed by atoms with van der Waals surface area (Å²) < 4.78 is 35.9. The van der Waals surface area contributed by atoms with E-state index in [1.54, 1.807) is 83.2 Å². The number of esters is 4. The molecule has 2 aromatic rings. The lowest BCUT2D eigenvalue weighted by Gasteiger charge is -2.67. The van der Waals surface area contributed by atoms with Crippen molar-refractivity contribution in [2.45, 2.75) is 129 Å². The third-order valence-corrected chi connectivity index (χ3v) is 13.8. The molecule has 2 saturated carbocycles. The number of allylic oxidation sites excluding steroid dienone is 1. The third kappa shape index (κ3) is 7.95. The molecule has 16 nitrogen and oxygen atoms in total. The molecule has 11 atom stereocenters. The highest BCUT2D eigenvalue weighted by Crippen LogP contribution is 2.64. The Bertz CT molecular complexity index is 2220. The molecule has 0 radical (unpaired) electrons. The zero-order valence-electron chi connectivity index (χ0n) is 37.0. The van der Waals surface area contributed by atoms with Crippen LogP contribution in [-0.4, -0.2) is 112 Å². The molecule has 3 aliphatic carbocycles. The number of aliphatic hydroxyl groups excluding tert-OH is 2. The molecule has 1 amide bonds. The Balaban J connectivity index is 1.55. The fourth-order valence-electron chi connectivity index (χ4n) is 10.1. The highest BCUT2D eigenvalue weighted by Gasteiger charge is 2.78. The number of ketones is 1. The Morgan fingerprint density at radius 1 is 1.00 bits per heavy atom. The van der Waals surface area contributed by atoms with Crippen LogP contribution in [0.1, 0.15) is 96.6 Å². The van der Waals surface area contributed by atoms with E-state index in [1.165, 1.54) is 33.1 Å². The van der Waals surface area contributed by atoms with Gasteiger partial charge < -0.3 is 49.1 Å². The van der Waals surface area contributed by atoms with Gasteiger partial charge in [-0.3, -0.25) is 19.2 Å². The van der Waals surface area contributed by atoms with Gasteiger partial charge in [0.2, 0.25) is 5.91 Å². The minimum atomic E-state index is -2.42. The largest absolute Gasteiger partial charge is 0.497 e. The molecule has 6 rings (SSSR count). The SMILES string of the molecule is C/C=C(\C)C(=O)N[C@@H](c1ccccc1)[C@@H](O)C(=O)O[C@H]1C[C@@]2(O)[C@@H](OC(=O)c3cccc(OC)c3)C3[C@](C)(C(=O)[C@H](O)C(=C1C)C2(C)C)[C@@H](OC(=O)CC)C[C@H]1OC[C@@]31OC(C)=O. The van der Waals surface area contributed by atoms with Gasteiger partial charge >= 0.3 is 23.9 Å². The Labute approximate surface area is 365 Å². The maximum atomic E-state index is 15.4. The van der Waals surface area contributed by atoms with Crippen molar-refractivity contribution in [1.29, 1.82) is 0 Å². The average molecular weight is 876 g/mol. The Morgan fingerprint density at radius 3 is 2.27 bits per heavy atom. The van der Waals surface area contributed by atoms with E-state index in [0.29, 0.717) is 16.9 Å². The number of carbonyl (C=O) groups is 6. The van der Waals surface area contributed by atoms with Gasteiger partial charge in [-0.05, 0) is 62.6 Å². The molecule has 2 aromatic carbocycles. The molecule has 3 fully saturated rings. The van der Waals surface area contributed by atoms with Crippen molar-refractivity contribution in [3.05, 3.63) is 88.5 Å². The van der Waals surface area contributed by atoms with Crippen molar-refractivity contribution in [3.8, 4) is 5.75 Å². The third-order valence-electron chi connectivity index (χ3n) is 13.8. The minimum absolute atomic E-state index is 0.0189. The van der Waals surface area contributed by atoms with Gasteiger partial charge in [-0.25, -0.2) is 9.59 Å². The summed E-state index contributed by atoms with van der Waals surface area (Å²) in [5.41, 5.74) is -7.21. The van der Waals surface area contributed by atoms with E-state index < -0.39 is 113 Å². The lowest BCUT2D eigenvalue weighted by Crippen LogP contribution is -2.82. The number of hydrogen-bond donors (Lipinski definition) is 4. The van der Waals surface area contributed by atoms with E-state index in [1.807, 2.05) is 0 Å². The zero-order valence-corrected chi connectivity index (χ0v) is 37.0. The normalized spacial score (nSPS) is 31.9. The standard InChI is InChI=1S/C47H57NO15/c1-10-24(3)41(54)48-35(27-16-13-12-14-17-27)37(52)43(56)60-30-22-47(57)40(62-42(55)28-18-15-19-29(20-28)58-9)38-45(8,39(53)36(51)34(25(30)4)44(47,6)7)31(61-33(50)11-2)21-32-46(38,23-59-32)63-26(5)49/h10,12-20,30-32,35-38,40,51-52,57H,11,21-23H2,1-9H3,(H,48,54)/b24-10+/t30-,31-,32+,35-,36+,37+,38?,40-,45+,46-,47+/m0/s1. The van der Waals surface area contributed by atoms with Gasteiger partial charge in [0.1, 0.15) is 41.9 Å². The topological polar surface area (TPSA) is 231 Å². The smallest absolute Gasteiger partial charge is 0.338 e. The van der Waals surface area contributed by atoms with Crippen LogP contribution in [0.15, 0.2) is 77.4 Å². The van der Waals surface area contributed by atoms with E-state index in [-0.39, 0.29) is 36.2 Å². The molecule has 16 heteroatoms. The number of hydrogen-bond acceptors (Lipinski definition) is 15. The molecule has 4 N–H and O–H groups in total. The number of nitrogens with one attached hydrogen (secondary N) is 1. The predicted molar refractivity (Wildman–Crippen MR) is 223 cm³/mol. The van der Waals surface area contributed by atoms with Crippen LogP contribution in [-0.2, 0) is 47.7 Å². The molecule has 340 valence electrons. The summed E-state index contributed by atoms with van der Waals surface area (Å²) in [6.07, 6.45) is -9.07. The first-order valence-corrected chi connectivity index (χ1v) is 21.0. The first-order chi connectivity index (χ1) is 29.6. The highest BCUT2D eigenvalue weighted by molar-refractivity contribution is 5.95. The molecule has 1 aliphatic heterocycles. The summed E-state index contributed by atoms with van der Waals surface area (Å²) in [4.78, 5) is 83.5. The van der Waals surface area contributed by atoms with E-state index in [2.05, 4.69) is 5.32 Å². The van der Waals surface area contributed by atoms with E-state index in [9.17, 15) is 39.3 Å². The van der Waals surface area contributed by atoms with Crippen LogP contribution in [0.25, 0.3) is 0 Å². The summed E-state index contributed by atoms with van der Waals surface area (Å²) in [5.74, 6) is -6.46. The molecule has 4 aliphatic rings. The van der Waals surface area contributed by atoms with E-state index in [4.69, 9.17) is 28.4 Å². The molecular formula is C47H57NO15. The molecular weight excluding hydrogens is 819 g/mol. The second kappa shape index (κ2) is 17.6. The lowest BCUT2D eigenvalue weighted by molar-refractivity contribution is -0.346. The molecule has 1 heterocycles. The monoisotopic (exact) mass is 875 g/mol. The quantitative estimate of drug-likeness (QED) is 0.103. The zero-order chi connectivity index (χ0) is 46.4. The fraction of sp³-hybridized carbons (Fsp3) is 0.532. The molecule has 63 heavy (non-hydrogen) atoms. The van der Waals surface area contributed by atoms with Crippen LogP contribution in [0.2, 0.25) is 0 Å². The number of aliphatic hydroxyl groups is 3. The Kier molecular flexibility index (Phi) is 13.2. The number of methoxy groups -OCH3 is 1. The first kappa shape index (κ1) is 47.1.